The van der Waals surface area contributed by atoms with Crippen molar-refractivity contribution in [3.63, 3.8) is 0 Å². The highest BCUT2D eigenvalue weighted by atomic mass is 32.2. The second-order valence-corrected chi connectivity index (χ2v) is 9.29. The number of anilines is 1. The maximum atomic E-state index is 12.6. The fourth-order valence-corrected chi connectivity index (χ4v) is 4.49. The van der Waals surface area contributed by atoms with Gasteiger partial charge in [-0.1, -0.05) is 44.9 Å². The highest BCUT2D eigenvalue weighted by molar-refractivity contribution is 7.87. The van der Waals surface area contributed by atoms with E-state index in [1.165, 1.54) is 25.0 Å². The van der Waals surface area contributed by atoms with E-state index in [-0.39, 0.29) is 16.8 Å². The molecular weight excluding hydrogens is 388 g/mol. The van der Waals surface area contributed by atoms with Gasteiger partial charge in [-0.3, -0.25) is 0 Å². The van der Waals surface area contributed by atoms with Crippen molar-refractivity contribution in [3.05, 3.63) is 54.1 Å². The van der Waals surface area contributed by atoms with E-state index in [1.807, 2.05) is 26.0 Å². The number of hydrogen-bond donors (Lipinski definition) is 2. The van der Waals surface area contributed by atoms with Gasteiger partial charge in [0.2, 0.25) is 0 Å². The van der Waals surface area contributed by atoms with Gasteiger partial charge in [-0.05, 0) is 60.6 Å². The van der Waals surface area contributed by atoms with Gasteiger partial charge in [-0.25, -0.2) is 4.79 Å². The summed E-state index contributed by atoms with van der Waals surface area (Å²) in [6, 6.07) is 12.8. The first-order chi connectivity index (χ1) is 13.8. The van der Waals surface area contributed by atoms with Crippen molar-refractivity contribution in [1.82, 2.24) is 5.32 Å². The summed E-state index contributed by atoms with van der Waals surface area (Å²) >= 11 is 0. The fourth-order valence-electron chi connectivity index (χ4n) is 3.53. The van der Waals surface area contributed by atoms with Crippen LogP contribution in [-0.4, -0.2) is 21.0 Å². The number of amides is 2. The molecule has 0 radical (unpaired) electrons. The van der Waals surface area contributed by atoms with Crippen molar-refractivity contribution in [3.8, 4) is 5.75 Å². The topological polar surface area (TPSA) is 84.5 Å². The molecule has 0 heterocycles. The Morgan fingerprint density at radius 3 is 2.38 bits per heavy atom. The van der Waals surface area contributed by atoms with E-state index in [2.05, 4.69) is 10.6 Å². The number of nitrogens with one attached hydrogen (secondary N) is 2. The third-order valence-corrected chi connectivity index (χ3v) is 6.42. The van der Waals surface area contributed by atoms with Crippen LogP contribution < -0.4 is 14.8 Å². The first kappa shape index (κ1) is 21.2. The maximum absolute atomic E-state index is 12.6. The normalized spacial score (nSPS) is 14.7. The molecule has 0 bridgehead atoms. The Bertz CT molecular complexity index is 934. The van der Waals surface area contributed by atoms with Crippen molar-refractivity contribution in [2.45, 2.75) is 50.3 Å². The Kier molecular flexibility index (Phi) is 6.79. The van der Waals surface area contributed by atoms with Crippen molar-refractivity contribution in [2.24, 2.45) is 5.92 Å². The summed E-state index contributed by atoms with van der Waals surface area (Å²) in [6.07, 6.45) is 4.78. The molecule has 2 aromatic carbocycles. The molecule has 0 spiro atoms. The molecule has 2 aromatic rings. The van der Waals surface area contributed by atoms with Crippen LogP contribution in [0.2, 0.25) is 0 Å². The predicted molar refractivity (Wildman–Crippen MR) is 114 cm³/mol. The summed E-state index contributed by atoms with van der Waals surface area (Å²) in [5.41, 5.74) is 1.35. The van der Waals surface area contributed by atoms with E-state index in [0.717, 1.165) is 18.4 Å². The standard InChI is InChI=1S/C22H28N2O4S/c1-16(2)20-9-5-6-10-21(20)28-29(26,27)19-13-11-18(12-14-19)24-22(25)23-15-17-7-3-4-8-17/h5-6,9-14,16-17H,3-4,7-8,15H2,1-2H3,(H2,23,24,25). The van der Waals surface area contributed by atoms with Gasteiger partial charge in [-0.15, -0.1) is 0 Å². The quantitative estimate of drug-likeness (QED) is 0.630. The largest absolute Gasteiger partial charge is 0.379 e. The summed E-state index contributed by atoms with van der Waals surface area (Å²) in [7, 11) is -3.96. The van der Waals surface area contributed by atoms with Crippen LogP contribution in [0.15, 0.2) is 53.4 Å². The van der Waals surface area contributed by atoms with Crippen LogP contribution in [0.4, 0.5) is 10.5 Å². The van der Waals surface area contributed by atoms with Gasteiger partial charge in [0.1, 0.15) is 10.6 Å². The Morgan fingerprint density at radius 1 is 1.07 bits per heavy atom. The van der Waals surface area contributed by atoms with Gasteiger partial charge in [0.15, 0.2) is 0 Å². The van der Waals surface area contributed by atoms with Crippen LogP contribution in [-0.2, 0) is 10.1 Å². The van der Waals surface area contributed by atoms with Crippen molar-refractivity contribution in [2.75, 3.05) is 11.9 Å². The van der Waals surface area contributed by atoms with E-state index >= 15 is 0 Å². The Balaban J connectivity index is 1.62. The third-order valence-electron chi connectivity index (χ3n) is 5.17. The van der Waals surface area contributed by atoms with Crippen LogP contribution in [0.1, 0.15) is 51.0 Å². The third kappa shape index (κ3) is 5.73. The minimum Gasteiger partial charge on any atom is -0.379 e. The zero-order valence-corrected chi connectivity index (χ0v) is 17.7. The molecule has 7 heteroatoms. The molecule has 2 N–H and O–H groups in total. The molecule has 1 saturated carbocycles. The number of carbonyl (C=O) groups excluding carboxylic acids is 1. The number of hydrogen-bond acceptors (Lipinski definition) is 4. The van der Waals surface area contributed by atoms with Gasteiger partial charge >= 0.3 is 16.1 Å². The lowest BCUT2D eigenvalue weighted by Crippen LogP contribution is -2.32. The van der Waals surface area contributed by atoms with Gasteiger partial charge in [0, 0.05) is 12.2 Å². The number of rotatable bonds is 7. The lowest BCUT2D eigenvalue weighted by atomic mass is 10.0. The number of benzene rings is 2. The lowest BCUT2D eigenvalue weighted by molar-refractivity contribution is 0.250. The van der Waals surface area contributed by atoms with E-state index in [0.29, 0.717) is 23.9 Å². The van der Waals surface area contributed by atoms with E-state index in [1.54, 1.807) is 24.3 Å². The molecule has 0 aliphatic heterocycles. The Hall–Kier alpha value is -2.54. The molecule has 0 saturated heterocycles. The Labute approximate surface area is 172 Å². The monoisotopic (exact) mass is 416 g/mol. The molecule has 29 heavy (non-hydrogen) atoms. The first-order valence-electron chi connectivity index (χ1n) is 10.0. The summed E-state index contributed by atoms with van der Waals surface area (Å²) in [4.78, 5) is 12.1. The average molecular weight is 417 g/mol. The van der Waals surface area contributed by atoms with Crippen molar-refractivity contribution >= 4 is 21.8 Å². The van der Waals surface area contributed by atoms with Crippen molar-refractivity contribution in [1.29, 1.82) is 0 Å². The summed E-state index contributed by atoms with van der Waals surface area (Å²) in [6.45, 7) is 4.63. The lowest BCUT2D eigenvalue weighted by Gasteiger charge is -2.14. The maximum Gasteiger partial charge on any atom is 0.339 e. The van der Waals surface area contributed by atoms with E-state index in [4.69, 9.17) is 4.18 Å². The SMILES string of the molecule is CC(C)c1ccccc1OS(=O)(=O)c1ccc(NC(=O)NCC2CCCC2)cc1. The minimum absolute atomic E-state index is 0.0352. The number of urea groups is 1. The second-order valence-electron chi connectivity index (χ2n) is 7.74. The first-order valence-corrected chi connectivity index (χ1v) is 11.4. The molecular formula is C22H28N2O4S. The molecule has 0 aromatic heterocycles. The Morgan fingerprint density at radius 2 is 1.72 bits per heavy atom. The highest BCUT2D eigenvalue weighted by Crippen LogP contribution is 2.29. The summed E-state index contributed by atoms with van der Waals surface area (Å²) < 4.78 is 30.6. The summed E-state index contributed by atoms with van der Waals surface area (Å²) in [5, 5.41) is 5.61. The molecule has 3 rings (SSSR count). The van der Waals surface area contributed by atoms with Gasteiger partial charge in [0.25, 0.3) is 0 Å². The number of para-hydroxylation sites is 1. The van der Waals surface area contributed by atoms with Crippen molar-refractivity contribution < 1.29 is 17.4 Å². The van der Waals surface area contributed by atoms with Crippen LogP contribution >= 0.6 is 0 Å². The molecule has 1 aliphatic rings. The van der Waals surface area contributed by atoms with E-state index < -0.39 is 10.1 Å². The predicted octanol–water partition coefficient (Wildman–Crippen LogP) is 4.89. The molecule has 1 aliphatic carbocycles. The average Bonchev–Trinajstić information content (AvgIpc) is 3.20. The second kappa shape index (κ2) is 9.31. The van der Waals surface area contributed by atoms with Crippen LogP contribution in [0.3, 0.4) is 0 Å². The zero-order valence-electron chi connectivity index (χ0n) is 16.9. The molecule has 6 nitrogen and oxygen atoms in total. The van der Waals surface area contributed by atoms with Gasteiger partial charge in [0.05, 0.1) is 0 Å². The summed E-state index contributed by atoms with van der Waals surface area (Å²) in [5.74, 6) is 1.02. The molecule has 0 unspecified atom stereocenters. The van der Waals surface area contributed by atoms with E-state index in [9.17, 15) is 13.2 Å². The molecule has 1 fully saturated rings. The smallest absolute Gasteiger partial charge is 0.339 e. The molecule has 156 valence electrons. The molecule has 2 amide bonds. The molecule has 0 atom stereocenters. The minimum atomic E-state index is -3.96. The highest BCUT2D eigenvalue weighted by Gasteiger charge is 2.20. The zero-order chi connectivity index (χ0) is 20.9. The fraction of sp³-hybridized carbons (Fsp3) is 0.409. The number of carbonyl (C=O) groups is 1. The van der Waals surface area contributed by atoms with Crippen LogP contribution in [0.25, 0.3) is 0 Å². The van der Waals surface area contributed by atoms with Crippen LogP contribution in [0, 0.1) is 5.92 Å². The van der Waals surface area contributed by atoms with Gasteiger partial charge < -0.3 is 14.8 Å². The van der Waals surface area contributed by atoms with Crippen LogP contribution in [0.5, 0.6) is 5.75 Å². The van der Waals surface area contributed by atoms with Gasteiger partial charge in [-0.2, -0.15) is 8.42 Å².